The number of carbonyl (C=O) groups is 1. The number of nitrogens with zero attached hydrogens (tertiary/aromatic N) is 3. The molecule has 1 fully saturated rings. The van der Waals surface area contributed by atoms with Gasteiger partial charge in [-0.1, -0.05) is 12.8 Å². The number of nitrogens with two attached hydrogens (primary N) is 1. The minimum absolute atomic E-state index is 0.0625. The van der Waals surface area contributed by atoms with Gasteiger partial charge in [-0.05, 0) is 38.3 Å². The molecule has 1 aliphatic carbocycles. The van der Waals surface area contributed by atoms with Crippen molar-refractivity contribution in [3.8, 4) is 10.8 Å². The molecule has 0 aromatic carbocycles. The van der Waals surface area contributed by atoms with Crippen LogP contribution in [0.2, 0.25) is 0 Å². The number of rotatable bonds is 4. The Balaban J connectivity index is 1.76. The summed E-state index contributed by atoms with van der Waals surface area (Å²) in [5.74, 6) is 0.863. The summed E-state index contributed by atoms with van der Waals surface area (Å²) >= 11 is 1.34. The molecule has 1 amide bonds. The maximum Gasteiger partial charge on any atom is 0.263 e. The van der Waals surface area contributed by atoms with Crippen molar-refractivity contribution in [2.24, 2.45) is 11.7 Å². The first-order valence-electron chi connectivity index (χ1n) is 7.94. The highest BCUT2D eigenvalue weighted by atomic mass is 32.1. The Labute approximate surface area is 139 Å². The molecule has 2 aromatic heterocycles. The molecule has 2 atom stereocenters. The third-order valence-corrected chi connectivity index (χ3v) is 5.44. The Kier molecular flexibility index (Phi) is 4.97. The van der Waals surface area contributed by atoms with Gasteiger partial charge in [0.15, 0.2) is 10.8 Å². The van der Waals surface area contributed by atoms with Gasteiger partial charge in [0.05, 0.1) is 5.69 Å². The number of aryl methyl sites for hydroxylation is 1. The van der Waals surface area contributed by atoms with Gasteiger partial charge in [-0.25, -0.2) is 15.0 Å². The van der Waals surface area contributed by atoms with Gasteiger partial charge in [0, 0.05) is 18.4 Å². The van der Waals surface area contributed by atoms with Gasteiger partial charge in [0.2, 0.25) is 0 Å². The lowest BCUT2D eigenvalue weighted by Gasteiger charge is -2.31. The molecular weight excluding hydrogens is 310 g/mol. The van der Waals surface area contributed by atoms with Crippen LogP contribution < -0.4 is 11.1 Å². The van der Waals surface area contributed by atoms with Crippen molar-refractivity contribution in [2.75, 3.05) is 6.54 Å². The topological polar surface area (TPSA) is 93.8 Å². The van der Waals surface area contributed by atoms with Gasteiger partial charge in [0.1, 0.15) is 4.88 Å². The van der Waals surface area contributed by atoms with E-state index >= 15 is 0 Å². The summed E-state index contributed by atoms with van der Waals surface area (Å²) in [5.41, 5.74) is 6.56. The Bertz CT molecular complexity index is 672. The summed E-state index contributed by atoms with van der Waals surface area (Å²) in [4.78, 5) is 26.1. The van der Waals surface area contributed by atoms with E-state index < -0.39 is 0 Å². The van der Waals surface area contributed by atoms with Crippen molar-refractivity contribution >= 4 is 17.2 Å². The molecule has 1 saturated carbocycles. The molecule has 1 aliphatic rings. The Hall–Kier alpha value is -1.86. The summed E-state index contributed by atoms with van der Waals surface area (Å²) in [7, 11) is 0. The van der Waals surface area contributed by atoms with Crippen LogP contribution in [0.15, 0.2) is 18.5 Å². The van der Waals surface area contributed by atoms with Gasteiger partial charge >= 0.3 is 0 Å². The van der Waals surface area contributed by atoms with Crippen LogP contribution in [0.1, 0.15) is 41.0 Å². The third kappa shape index (κ3) is 3.56. The van der Waals surface area contributed by atoms with Gasteiger partial charge < -0.3 is 11.1 Å². The molecular formula is C16H21N5OS. The summed E-state index contributed by atoms with van der Waals surface area (Å²) in [5, 5.41) is 3.83. The third-order valence-electron chi connectivity index (χ3n) is 4.29. The van der Waals surface area contributed by atoms with Crippen LogP contribution in [0, 0.1) is 12.8 Å². The number of hydrogen-bond acceptors (Lipinski definition) is 6. The van der Waals surface area contributed by atoms with Gasteiger partial charge in [-0.15, -0.1) is 11.3 Å². The van der Waals surface area contributed by atoms with Crippen molar-refractivity contribution in [1.82, 2.24) is 20.3 Å². The van der Waals surface area contributed by atoms with E-state index in [1.807, 2.05) is 6.92 Å². The zero-order chi connectivity index (χ0) is 16.2. The van der Waals surface area contributed by atoms with Crippen LogP contribution in [0.4, 0.5) is 0 Å². The first kappa shape index (κ1) is 16.0. The van der Waals surface area contributed by atoms with Crippen LogP contribution in [0.3, 0.4) is 0 Å². The van der Waals surface area contributed by atoms with Crippen LogP contribution >= 0.6 is 11.3 Å². The molecule has 122 valence electrons. The number of aromatic nitrogens is 3. The molecule has 2 unspecified atom stereocenters. The van der Waals surface area contributed by atoms with E-state index in [2.05, 4.69) is 20.3 Å². The standard InChI is InChI=1S/C16H21N5OS/c1-10-13(23-16(20-10)14-18-7-4-8-19-14)15(22)21-12-6-3-2-5-11(12)9-17/h4,7-8,11-12H,2-3,5-6,9,17H2,1H3,(H,21,22). The predicted octanol–water partition coefficient (Wildman–Crippen LogP) is 2.16. The van der Waals surface area contributed by atoms with E-state index in [1.165, 1.54) is 17.8 Å². The number of nitrogens with one attached hydrogen (secondary N) is 1. The van der Waals surface area contributed by atoms with E-state index in [9.17, 15) is 4.79 Å². The van der Waals surface area contributed by atoms with Crippen molar-refractivity contribution in [3.05, 3.63) is 29.0 Å². The lowest BCUT2D eigenvalue weighted by atomic mass is 9.84. The highest BCUT2D eigenvalue weighted by Crippen LogP contribution is 2.27. The summed E-state index contributed by atoms with van der Waals surface area (Å²) < 4.78 is 0. The molecule has 2 heterocycles. The number of thiazole rings is 1. The first-order valence-corrected chi connectivity index (χ1v) is 8.76. The van der Waals surface area contributed by atoms with Crippen molar-refractivity contribution in [1.29, 1.82) is 0 Å². The second kappa shape index (κ2) is 7.14. The maximum absolute atomic E-state index is 12.6. The largest absolute Gasteiger partial charge is 0.348 e. The Morgan fingerprint density at radius 2 is 2.09 bits per heavy atom. The molecule has 2 aromatic rings. The second-order valence-electron chi connectivity index (χ2n) is 5.87. The lowest BCUT2D eigenvalue weighted by molar-refractivity contribution is 0.0911. The second-order valence-corrected chi connectivity index (χ2v) is 6.87. The Morgan fingerprint density at radius 1 is 1.35 bits per heavy atom. The molecule has 23 heavy (non-hydrogen) atoms. The molecule has 0 radical (unpaired) electrons. The monoisotopic (exact) mass is 331 g/mol. The highest BCUT2D eigenvalue weighted by Gasteiger charge is 2.27. The van der Waals surface area contributed by atoms with Crippen molar-refractivity contribution in [3.63, 3.8) is 0 Å². The fraction of sp³-hybridized carbons (Fsp3) is 0.500. The molecule has 7 heteroatoms. The lowest BCUT2D eigenvalue weighted by Crippen LogP contribution is -2.44. The van der Waals surface area contributed by atoms with E-state index in [-0.39, 0.29) is 11.9 Å². The number of amides is 1. The van der Waals surface area contributed by atoms with E-state index in [0.29, 0.717) is 28.2 Å². The van der Waals surface area contributed by atoms with Crippen LogP contribution in [0.25, 0.3) is 10.8 Å². The fourth-order valence-corrected chi connectivity index (χ4v) is 3.94. The van der Waals surface area contributed by atoms with Crippen LogP contribution in [0.5, 0.6) is 0 Å². The quantitative estimate of drug-likeness (QED) is 0.895. The van der Waals surface area contributed by atoms with Gasteiger partial charge in [0.25, 0.3) is 5.91 Å². The minimum Gasteiger partial charge on any atom is -0.348 e. The molecule has 0 bridgehead atoms. The smallest absolute Gasteiger partial charge is 0.263 e. The molecule has 0 aliphatic heterocycles. The van der Waals surface area contributed by atoms with Crippen molar-refractivity contribution in [2.45, 2.75) is 38.6 Å². The summed E-state index contributed by atoms with van der Waals surface area (Å²) in [6, 6.07) is 1.92. The average molecular weight is 331 g/mol. The minimum atomic E-state index is -0.0625. The van der Waals surface area contributed by atoms with Crippen LogP contribution in [-0.2, 0) is 0 Å². The van der Waals surface area contributed by atoms with Gasteiger partial charge in [-0.2, -0.15) is 0 Å². The number of hydrogen-bond donors (Lipinski definition) is 2. The molecule has 3 N–H and O–H groups in total. The highest BCUT2D eigenvalue weighted by molar-refractivity contribution is 7.17. The number of carbonyl (C=O) groups excluding carboxylic acids is 1. The zero-order valence-corrected chi connectivity index (χ0v) is 14.0. The predicted molar refractivity (Wildman–Crippen MR) is 90.1 cm³/mol. The molecule has 6 nitrogen and oxygen atoms in total. The Morgan fingerprint density at radius 3 is 2.83 bits per heavy atom. The maximum atomic E-state index is 12.6. The molecule has 0 spiro atoms. The van der Waals surface area contributed by atoms with E-state index in [4.69, 9.17) is 5.73 Å². The fourth-order valence-electron chi connectivity index (χ4n) is 3.03. The molecule has 3 rings (SSSR count). The summed E-state index contributed by atoms with van der Waals surface area (Å²) in [6.07, 6.45) is 7.78. The van der Waals surface area contributed by atoms with Crippen molar-refractivity contribution < 1.29 is 4.79 Å². The van der Waals surface area contributed by atoms with Crippen LogP contribution in [-0.4, -0.2) is 33.4 Å². The van der Waals surface area contributed by atoms with E-state index in [1.54, 1.807) is 18.5 Å². The first-order chi connectivity index (χ1) is 11.2. The normalized spacial score (nSPS) is 21.1. The molecule has 0 saturated heterocycles. The summed E-state index contributed by atoms with van der Waals surface area (Å²) in [6.45, 7) is 2.47. The van der Waals surface area contributed by atoms with E-state index in [0.717, 1.165) is 25.0 Å². The zero-order valence-electron chi connectivity index (χ0n) is 13.2. The average Bonchev–Trinajstić information content (AvgIpc) is 2.98. The van der Waals surface area contributed by atoms with Gasteiger partial charge in [-0.3, -0.25) is 4.79 Å². The SMILES string of the molecule is Cc1nc(-c2ncccn2)sc1C(=O)NC1CCCCC1CN.